The molecule has 1 N–H and O–H groups in total. The number of ether oxygens (including phenoxy) is 1. The normalized spacial score (nSPS) is 14.9. The fraction of sp³-hybridized carbons (Fsp3) is 0.571. The average Bonchev–Trinajstić information content (AvgIpc) is 2.35. The van der Waals surface area contributed by atoms with Crippen LogP contribution < -0.4 is 10.1 Å². The first-order valence-corrected chi connectivity index (χ1v) is 7.31. The summed E-state index contributed by atoms with van der Waals surface area (Å²) in [4.78, 5) is 0. The van der Waals surface area contributed by atoms with E-state index < -0.39 is 12.3 Å². The van der Waals surface area contributed by atoms with Crippen molar-refractivity contribution in [2.24, 2.45) is 0 Å². The smallest absolute Gasteiger partial charge is 0.425 e. The van der Waals surface area contributed by atoms with Crippen molar-refractivity contribution in [2.75, 3.05) is 6.54 Å². The topological polar surface area (TPSA) is 21.3 Å². The minimum Gasteiger partial charge on any atom is -0.481 e. The number of rotatable bonds is 6. The first-order chi connectivity index (χ1) is 9.25. The van der Waals surface area contributed by atoms with Gasteiger partial charge in [-0.1, -0.05) is 28.9 Å². The molecule has 0 spiro atoms. The number of alkyl halides is 3. The molecular weight excluding hydrogens is 335 g/mol. The van der Waals surface area contributed by atoms with Crippen molar-refractivity contribution in [3.05, 3.63) is 28.2 Å². The van der Waals surface area contributed by atoms with Gasteiger partial charge >= 0.3 is 6.18 Å². The van der Waals surface area contributed by atoms with Crippen molar-refractivity contribution in [3.63, 3.8) is 0 Å². The van der Waals surface area contributed by atoms with Gasteiger partial charge in [0.2, 0.25) is 0 Å². The average molecular weight is 354 g/mol. The minimum atomic E-state index is -4.36. The summed E-state index contributed by atoms with van der Waals surface area (Å²) in [5.41, 5.74) is 0.991. The Morgan fingerprint density at radius 2 is 1.95 bits per heavy atom. The highest BCUT2D eigenvalue weighted by Crippen LogP contribution is 2.30. The summed E-state index contributed by atoms with van der Waals surface area (Å²) in [5, 5.41) is 3.32. The van der Waals surface area contributed by atoms with E-state index in [9.17, 15) is 13.2 Å². The van der Waals surface area contributed by atoms with Crippen LogP contribution >= 0.6 is 15.9 Å². The monoisotopic (exact) mass is 353 g/mol. The lowest BCUT2D eigenvalue weighted by Crippen LogP contribution is -2.31. The lowest BCUT2D eigenvalue weighted by molar-refractivity contribution is -0.189. The molecule has 0 aliphatic rings. The summed E-state index contributed by atoms with van der Waals surface area (Å²) >= 11 is 3.38. The van der Waals surface area contributed by atoms with Crippen LogP contribution in [0.2, 0.25) is 0 Å². The second-order valence-corrected chi connectivity index (χ2v) is 5.52. The van der Waals surface area contributed by atoms with Gasteiger partial charge in [0, 0.05) is 10.5 Å². The third-order valence-corrected chi connectivity index (χ3v) is 3.60. The van der Waals surface area contributed by atoms with Crippen LogP contribution in [-0.2, 0) is 0 Å². The van der Waals surface area contributed by atoms with E-state index in [0.29, 0.717) is 0 Å². The van der Waals surface area contributed by atoms with Crippen LogP contribution in [0, 0.1) is 0 Å². The molecule has 0 radical (unpaired) electrons. The molecule has 1 rings (SSSR count). The summed E-state index contributed by atoms with van der Waals surface area (Å²) in [6, 6.07) is 5.03. The lowest BCUT2D eigenvalue weighted by Gasteiger charge is -2.20. The van der Waals surface area contributed by atoms with E-state index in [1.54, 1.807) is 18.2 Å². The van der Waals surface area contributed by atoms with Gasteiger partial charge in [0.1, 0.15) is 5.75 Å². The molecule has 0 saturated carbocycles. The molecule has 2 nitrogen and oxygen atoms in total. The highest BCUT2D eigenvalue weighted by Gasteiger charge is 2.38. The zero-order valence-electron chi connectivity index (χ0n) is 11.7. The van der Waals surface area contributed by atoms with E-state index >= 15 is 0 Å². The predicted octanol–water partition coefficient (Wildman–Crippen LogP) is 4.84. The predicted molar refractivity (Wildman–Crippen MR) is 77.0 cm³/mol. The van der Waals surface area contributed by atoms with Crippen molar-refractivity contribution in [1.82, 2.24) is 5.32 Å². The third kappa shape index (κ3) is 4.98. The van der Waals surface area contributed by atoms with Crippen LogP contribution in [-0.4, -0.2) is 18.8 Å². The number of halogens is 4. The standard InChI is InChI=1S/C14H19BrF3NO/c1-4-7-19-9(2)12-6-5-11(8-13(12)15)20-10(3)14(16,17)18/h5-6,8-10,19H,4,7H2,1-3H3. The molecule has 114 valence electrons. The Hall–Kier alpha value is -0.750. The van der Waals surface area contributed by atoms with Gasteiger partial charge in [0.25, 0.3) is 0 Å². The second kappa shape index (κ2) is 7.31. The Bertz CT molecular complexity index is 437. The first kappa shape index (κ1) is 17.3. The molecule has 6 heteroatoms. The summed E-state index contributed by atoms with van der Waals surface area (Å²) in [5.74, 6) is 0.202. The van der Waals surface area contributed by atoms with Gasteiger partial charge in [-0.3, -0.25) is 0 Å². The quantitative estimate of drug-likeness (QED) is 0.789. The van der Waals surface area contributed by atoms with Gasteiger partial charge in [-0.25, -0.2) is 0 Å². The van der Waals surface area contributed by atoms with E-state index in [1.807, 2.05) is 6.92 Å². The van der Waals surface area contributed by atoms with E-state index in [4.69, 9.17) is 4.74 Å². The SMILES string of the molecule is CCCNC(C)c1ccc(OC(C)C(F)(F)F)cc1Br. The molecule has 2 unspecified atom stereocenters. The van der Waals surface area contributed by atoms with Crippen molar-refractivity contribution in [1.29, 1.82) is 0 Å². The molecule has 0 amide bonds. The number of nitrogens with one attached hydrogen (secondary N) is 1. The van der Waals surface area contributed by atoms with Crippen LogP contribution in [0.4, 0.5) is 13.2 Å². The van der Waals surface area contributed by atoms with Crippen molar-refractivity contribution in [2.45, 2.75) is 45.5 Å². The molecule has 1 aromatic rings. The molecule has 0 aliphatic carbocycles. The number of hydrogen-bond acceptors (Lipinski definition) is 2. The van der Waals surface area contributed by atoms with Crippen molar-refractivity contribution in [3.8, 4) is 5.75 Å². The zero-order chi connectivity index (χ0) is 15.3. The van der Waals surface area contributed by atoms with Gasteiger partial charge in [0.15, 0.2) is 6.10 Å². The molecule has 0 saturated heterocycles. The largest absolute Gasteiger partial charge is 0.481 e. The van der Waals surface area contributed by atoms with E-state index in [0.717, 1.165) is 29.9 Å². The molecular formula is C14H19BrF3NO. The fourth-order valence-electron chi connectivity index (χ4n) is 1.67. The minimum absolute atomic E-state index is 0.124. The van der Waals surface area contributed by atoms with Gasteiger partial charge in [0.05, 0.1) is 0 Å². The van der Waals surface area contributed by atoms with Gasteiger partial charge < -0.3 is 10.1 Å². The first-order valence-electron chi connectivity index (χ1n) is 6.52. The Labute approximate surface area is 125 Å². The van der Waals surface area contributed by atoms with Gasteiger partial charge in [-0.15, -0.1) is 0 Å². The van der Waals surface area contributed by atoms with Crippen LogP contribution in [0.3, 0.4) is 0 Å². The van der Waals surface area contributed by atoms with E-state index in [-0.39, 0.29) is 11.8 Å². The highest BCUT2D eigenvalue weighted by atomic mass is 79.9. The maximum absolute atomic E-state index is 12.4. The molecule has 2 atom stereocenters. The van der Waals surface area contributed by atoms with Crippen LogP contribution in [0.1, 0.15) is 38.8 Å². The summed E-state index contributed by atoms with van der Waals surface area (Å²) in [7, 11) is 0. The van der Waals surface area contributed by atoms with Gasteiger partial charge in [-0.05, 0) is 44.5 Å². The Kier molecular flexibility index (Phi) is 6.33. The molecule has 1 aromatic carbocycles. The fourth-order valence-corrected chi connectivity index (χ4v) is 2.38. The maximum Gasteiger partial charge on any atom is 0.425 e. The zero-order valence-corrected chi connectivity index (χ0v) is 13.3. The maximum atomic E-state index is 12.4. The summed E-state index contributed by atoms with van der Waals surface area (Å²) in [6.45, 7) is 5.96. The number of benzene rings is 1. The van der Waals surface area contributed by atoms with Crippen molar-refractivity contribution < 1.29 is 17.9 Å². The Morgan fingerprint density at radius 3 is 2.45 bits per heavy atom. The second-order valence-electron chi connectivity index (χ2n) is 4.66. The van der Waals surface area contributed by atoms with Gasteiger partial charge in [-0.2, -0.15) is 13.2 Å². The highest BCUT2D eigenvalue weighted by molar-refractivity contribution is 9.10. The summed E-state index contributed by atoms with van der Waals surface area (Å²) in [6.07, 6.45) is -5.16. The lowest BCUT2D eigenvalue weighted by atomic mass is 10.1. The Morgan fingerprint density at radius 1 is 1.30 bits per heavy atom. The van der Waals surface area contributed by atoms with Crippen LogP contribution in [0.25, 0.3) is 0 Å². The van der Waals surface area contributed by atoms with E-state index in [2.05, 4.69) is 28.2 Å². The molecule has 20 heavy (non-hydrogen) atoms. The Balaban J connectivity index is 2.78. The summed E-state index contributed by atoms with van der Waals surface area (Å²) < 4.78 is 42.9. The van der Waals surface area contributed by atoms with Crippen LogP contribution in [0.15, 0.2) is 22.7 Å². The van der Waals surface area contributed by atoms with E-state index in [1.165, 1.54) is 0 Å². The van der Waals surface area contributed by atoms with Crippen molar-refractivity contribution >= 4 is 15.9 Å². The molecule has 0 bridgehead atoms. The molecule has 0 fully saturated rings. The molecule has 0 heterocycles. The van der Waals surface area contributed by atoms with Crippen LogP contribution in [0.5, 0.6) is 5.75 Å². The number of hydrogen-bond donors (Lipinski definition) is 1. The molecule has 0 aromatic heterocycles. The third-order valence-electron chi connectivity index (χ3n) is 2.91. The molecule has 0 aliphatic heterocycles.